The van der Waals surface area contributed by atoms with Crippen LogP contribution in [0.15, 0.2) is 70.9 Å². The smallest absolute Gasteiger partial charge is 0.0612 e. The molecule has 6 heteroatoms. The quantitative estimate of drug-likeness (QED) is 0.632. The largest absolute Gasteiger partial charge is 0.300 e. The Morgan fingerprint density at radius 3 is 1.17 bits per heavy atom. The fourth-order valence-electron chi connectivity index (χ4n) is 8.58. The lowest BCUT2D eigenvalue weighted by atomic mass is 9.66. The highest BCUT2D eigenvalue weighted by Crippen LogP contribution is 2.43. The Morgan fingerprint density at radius 2 is 0.833 bits per heavy atom. The molecule has 4 atom stereocenters. The predicted octanol–water partition coefficient (Wildman–Crippen LogP) is 2.18. The first-order chi connectivity index (χ1) is 17.7. The molecule has 8 aliphatic heterocycles. The summed E-state index contributed by atoms with van der Waals surface area (Å²) in [5.74, 6) is 0.943. The van der Waals surface area contributed by atoms with E-state index in [1.54, 1.807) is 0 Å². The number of benzene rings is 2. The van der Waals surface area contributed by atoms with Crippen LogP contribution >= 0.6 is 0 Å². The van der Waals surface area contributed by atoms with Gasteiger partial charge in [-0.3, -0.25) is 0 Å². The third-order valence-electron chi connectivity index (χ3n) is 10.0. The van der Waals surface area contributed by atoms with E-state index in [0.717, 1.165) is 52.4 Å². The van der Waals surface area contributed by atoms with E-state index in [-0.39, 0.29) is 10.8 Å². The molecule has 36 heavy (non-hydrogen) atoms. The van der Waals surface area contributed by atoms with Crippen molar-refractivity contribution in [1.82, 2.24) is 19.6 Å². The summed E-state index contributed by atoms with van der Waals surface area (Å²) in [6.07, 6.45) is 0. The fourth-order valence-corrected chi connectivity index (χ4v) is 8.58. The standard InChI is InChI=1S/C30H36N6/c1-3-7-25(8-4-1)29-19-33-11-12-34(20-29)16-23(15-33)27(29)31-32-28-24-17-35-13-14-36(18-24)22-30(28,21-35)26-9-5-2-6-10-26/h1-10,23-24H,11-22H2/b31-27-,32-28+. The maximum absolute atomic E-state index is 5.37. The summed E-state index contributed by atoms with van der Waals surface area (Å²) in [4.78, 5) is 10.8. The maximum atomic E-state index is 5.37. The van der Waals surface area contributed by atoms with Gasteiger partial charge in [-0.25, -0.2) is 0 Å². The van der Waals surface area contributed by atoms with Crippen LogP contribution in [0.3, 0.4) is 0 Å². The molecule has 0 aliphatic carbocycles. The minimum absolute atomic E-state index is 0.0430. The van der Waals surface area contributed by atoms with E-state index in [9.17, 15) is 0 Å². The van der Waals surface area contributed by atoms with Gasteiger partial charge in [-0.05, 0) is 11.1 Å². The summed E-state index contributed by atoms with van der Waals surface area (Å²) in [6, 6.07) is 22.4. The molecule has 4 unspecified atom stereocenters. The molecule has 0 saturated carbocycles. The van der Waals surface area contributed by atoms with Gasteiger partial charge in [0.25, 0.3) is 0 Å². The van der Waals surface area contributed by atoms with Crippen LogP contribution in [0.25, 0.3) is 0 Å². The number of hydrogen-bond donors (Lipinski definition) is 0. The lowest BCUT2D eigenvalue weighted by molar-refractivity contribution is 0.161. The third-order valence-corrected chi connectivity index (χ3v) is 10.0. The molecule has 2 aromatic carbocycles. The summed E-state index contributed by atoms with van der Waals surface area (Å²) in [6.45, 7) is 13.5. The molecule has 0 aromatic heterocycles. The number of piperidine rings is 4. The van der Waals surface area contributed by atoms with Crippen molar-refractivity contribution < 1.29 is 0 Å². The Morgan fingerprint density at radius 1 is 0.500 bits per heavy atom. The third kappa shape index (κ3) is 3.18. The van der Waals surface area contributed by atoms with Gasteiger partial charge < -0.3 is 19.6 Å². The van der Waals surface area contributed by atoms with E-state index in [1.165, 1.54) is 48.7 Å². The van der Waals surface area contributed by atoms with E-state index in [1.807, 2.05) is 0 Å². The van der Waals surface area contributed by atoms with Crippen LogP contribution in [0.4, 0.5) is 0 Å². The van der Waals surface area contributed by atoms with Crippen LogP contribution in [-0.4, -0.2) is 110 Å². The average Bonchev–Trinajstić information content (AvgIpc) is 3.30. The van der Waals surface area contributed by atoms with Gasteiger partial charge in [-0.1, -0.05) is 60.7 Å². The Balaban J connectivity index is 1.28. The van der Waals surface area contributed by atoms with Crippen molar-refractivity contribution in [1.29, 1.82) is 0 Å². The molecule has 186 valence electrons. The van der Waals surface area contributed by atoms with Gasteiger partial charge in [-0.2, -0.15) is 10.2 Å². The molecular weight excluding hydrogens is 444 g/mol. The van der Waals surface area contributed by atoms with E-state index < -0.39 is 0 Å². The first-order valence-electron chi connectivity index (χ1n) is 13.9. The minimum Gasteiger partial charge on any atom is -0.300 e. The summed E-state index contributed by atoms with van der Waals surface area (Å²) in [5.41, 5.74) is 5.46. The van der Waals surface area contributed by atoms with Crippen molar-refractivity contribution in [2.75, 3.05) is 78.5 Å². The van der Waals surface area contributed by atoms with Crippen molar-refractivity contribution in [3.05, 3.63) is 71.8 Å². The van der Waals surface area contributed by atoms with Crippen molar-refractivity contribution in [3.63, 3.8) is 0 Å². The zero-order chi connectivity index (χ0) is 23.7. The SMILES string of the molecule is c1ccc(C23CN4CCN(CC(C4)/C2=N/N=C2\C4CN5CCN(C4)CC2(c2ccccc2)C5)C3)cc1. The molecule has 8 aliphatic rings. The van der Waals surface area contributed by atoms with Crippen LogP contribution < -0.4 is 0 Å². The highest BCUT2D eigenvalue weighted by molar-refractivity contribution is 6.02. The zero-order valence-electron chi connectivity index (χ0n) is 21.1. The second-order valence-corrected chi connectivity index (χ2v) is 12.2. The van der Waals surface area contributed by atoms with Crippen LogP contribution in [0.5, 0.6) is 0 Å². The number of nitrogens with zero attached hydrogens (tertiary/aromatic N) is 6. The molecule has 2 aromatic rings. The van der Waals surface area contributed by atoms with Gasteiger partial charge in [-0.15, -0.1) is 0 Å². The van der Waals surface area contributed by atoms with Crippen molar-refractivity contribution in [2.24, 2.45) is 22.0 Å². The molecule has 8 saturated heterocycles. The molecule has 10 rings (SSSR count). The summed E-state index contributed by atoms with van der Waals surface area (Å²) in [5, 5.41) is 10.7. The van der Waals surface area contributed by atoms with Crippen molar-refractivity contribution in [2.45, 2.75) is 10.8 Å². The van der Waals surface area contributed by atoms with E-state index in [0.29, 0.717) is 11.8 Å². The molecule has 8 fully saturated rings. The monoisotopic (exact) mass is 480 g/mol. The molecule has 0 N–H and O–H groups in total. The summed E-state index contributed by atoms with van der Waals surface area (Å²) < 4.78 is 0. The second kappa shape index (κ2) is 8.06. The molecule has 0 radical (unpaired) electrons. The molecule has 6 nitrogen and oxygen atoms in total. The molecule has 0 spiro atoms. The van der Waals surface area contributed by atoms with Gasteiger partial charge in [0.2, 0.25) is 0 Å². The Hall–Kier alpha value is -2.38. The highest BCUT2D eigenvalue weighted by Gasteiger charge is 2.55. The normalized spacial score (nSPS) is 44.8. The second-order valence-electron chi connectivity index (χ2n) is 12.2. The number of fused-ring (bicyclic) bond motifs is 2. The summed E-state index contributed by atoms with van der Waals surface area (Å²) in [7, 11) is 0. The summed E-state index contributed by atoms with van der Waals surface area (Å²) >= 11 is 0. The lowest BCUT2D eigenvalue weighted by Crippen LogP contribution is -2.64. The zero-order valence-corrected chi connectivity index (χ0v) is 21.1. The average molecular weight is 481 g/mol. The number of hydrogen-bond acceptors (Lipinski definition) is 6. The van der Waals surface area contributed by atoms with Gasteiger partial charge >= 0.3 is 0 Å². The molecule has 0 amide bonds. The van der Waals surface area contributed by atoms with Crippen molar-refractivity contribution >= 4 is 11.4 Å². The van der Waals surface area contributed by atoms with E-state index in [2.05, 4.69) is 80.3 Å². The Labute approximate surface area is 214 Å². The van der Waals surface area contributed by atoms with Gasteiger partial charge in [0, 0.05) is 90.4 Å². The van der Waals surface area contributed by atoms with E-state index >= 15 is 0 Å². The fraction of sp³-hybridized carbons (Fsp3) is 0.533. The first kappa shape index (κ1) is 21.7. The maximum Gasteiger partial charge on any atom is 0.0612 e. The molecular formula is C30H36N6. The van der Waals surface area contributed by atoms with Gasteiger partial charge in [0.15, 0.2) is 0 Å². The van der Waals surface area contributed by atoms with Crippen LogP contribution in [0.1, 0.15) is 11.1 Å². The van der Waals surface area contributed by atoms with Gasteiger partial charge in [0.05, 0.1) is 22.3 Å². The van der Waals surface area contributed by atoms with Crippen LogP contribution in [0, 0.1) is 11.8 Å². The number of rotatable bonds is 3. The highest BCUT2D eigenvalue weighted by atomic mass is 15.3. The Bertz CT molecular complexity index is 1080. The van der Waals surface area contributed by atoms with Crippen LogP contribution in [0.2, 0.25) is 0 Å². The molecule has 8 bridgehead atoms. The lowest BCUT2D eigenvalue weighted by Gasteiger charge is -2.51. The van der Waals surface area contributed by atoms with Crippen LogP contribution in [-0.2, 0) is 10.8 Å². The topological polar surface area (TPSA) is 37.7 Å². The van der Waals surface area contributed by atoms with E-state index in [4.69, 9.17) is 10.2 Å². The predicted molar refractivity (Wildman–Crippen MR) is 144 cm³/mol. The van der Waals surface area contributed by atoms with Gasteiger partial charge in [0.1, 0.15) is 0 Å². The molecule has 8 heterocycles. The van der Waals surface area contributed by atoms with Crippen molar-refractivity contribution in [3.8, 4) is 0 Å². The Kier molecular flexibility index (Phi) is 4.85. The minimum atomic E-state index is -0.0430. The first-order valence-corrected chi connectivity index (χ1v) is 13.9.